The summed E-state index contributed by atoms with van der Waals surface area (Å²) in [6.07, 6.45) is 1.52. The molecule has 0 radical (unpaired) electrons. The number of ether oxygens (including phenoxy) is 3. The molecule has 0 saturated carbocycles. The van der Waals surface area contributed by atoms with Crippen LogP contribution in [-0.4, -0.2) is 25.8 Å². The molecule has 3 rings (SSSR count). The Bertz CT molecular complexity index is 1100. The van der Waals surface area contributed by atoms with Crippen molar-refractivity contribution in [3.8, 4) is 17.2 Å². The largest absolute Gasteiger partial charge is 0.493 e. The molecule has 0 aliphatic carbocycles. The minimum absolute atomic E-state index is 0.132. The first kappa shape index (κ1) is 23.6. The van der Waals surface area contributed by atoms with E-state index in [4.69, 9.17) is 25.8 Å². The monoisotopic (exact) mass is 516 g/mol. The number of halogens is 2. The van der Waals surface area contributed by atoms with Gasteiger partial charge in [0.05, 0.1) is 17.8 Å². The number of benzene rings is 3. The van der Waals surface area contributed by atoms with Crippen LogP contribution in [0.2, 0.25) is 5.02 Å². The van der Waals surface area contributed by atoms with Crippen molar-refractivity contribution < 1.29 is 19.0 Å². The van der Waals surface area contributed by atoms with Gasteiger partial charge in [-0.05, 0) is 69.9 Å². The third-order valence-corrected chi connectivity index (χ3v) is 5.24. The maximum absolute atomic E-state index is 12.0. The Morgan fingerprint density at radius 1 is 1.09 bits per heavy atom. The smallest absolute Gasteiger partial charge is 0.277 e. The molecule has 166 valence electrons. The van der Waals surface area contributed by atoms with E-state index in [9.17, 15) is 4.79 Å². The van der Waals surface area contributed by atoms with Crippen LogP contribution in [-0.2, 0) is 11.4 Å². The summed E-state index contributed by atoms with van der Waals surface area (Å²) in [5.41, 5.74) is 5.10. The van der Waals surface area contributed by atoms with Gasteiger partial charge in [-0.25, -0.2) is 5.43 Å². The Kier molecular flexibility index (Phi) is 8.53. The number of carbonyl (C=O) groups excluding carboxylic acids is 1. The van der Waals surface area contributed by atoms with Gasteiger partial charge >= 0.3 is 0 Å². The van der Waals surface area contributed by atoms with E-state index in [1.165, 1.54) is 6.21 Å². The minimum Gasteiger partial charge on any atom is -0.493 e. The van der Waals surface area contributed by atoms with E-state index in [0.717, 1.165) is 11.1 Å². The molecular weight excluding hydrogens is 496 g/mol. The first-order valence-corrected chi connectivity index (χ1v) is 10.9. The van der Waals surface area contributed by atoms with Gasteiger partial charge in [0, 0.05) is 5.02 Å². The number of aryl methyl sites for hydroxylation is 1. The predicted molar refractivity (Wildman–Crippen MR) is 129 cm³/mol. The van der Waals surface area contributed by atoms with Crippen LogP contribution >= 0.6 is 27.5 Å². The maximum Gasteiger partial charge on any atom is 0.277 e. The van der Waals surface area contributed by atoms with E-state index in [0.29, 0.717) is 38.9 Å². The van der Waals surface area contributed by atoms with E-state index in [1.807, 2.05) is 61.5 Å². The van der Waals surface area contributed by atoms with E-state index < -0.39 is 0 Å². The SMILES string of the molecule is COc1cc(/C=N/NC(=O)COc2ccccc2C)cc(Br)c1OCc1ccc(Cl)cc1. The van der Waals surface area contributed by atoms with Crippen molar-refractivity contribution in [2.75, 3.05) is 13.7 Å². The highest BCUT2D eigenvalue weighted by Gasteiger charge is 2.12. The molecule has 0 heterocycles. The molecule has 1 N–H and O–H groups in total. The zero-order valence-electron chi connectivity index (χ0n) is 17.6. The van der Waals surface area contributed by atoms with Crippen LogP contribution in [0.3, 0.4) is 0 Å². The lowest BCUT2D eigenvalue weighted by Gasteiger charge is -2.13. The lowest BCUT2D eigenvalue weighted by Crippen LogP contribution is -2.24. The van der Waals surface area contributed by atoms with Crippen molar-refractivity contribution in [3.63, 3.8) is 0 Å². The molecule has 32 heavy (non-hydrogen) atoms. The zero-order chi connectivity index (χ0) is 22.9. The molecule has 8 heteroatoms. The van der Waals surface area contributed by atoms with E-state index in [-0.39, 0.29) is 12.5 Å². The van der Waals surface area contributed by atoms with Crippen LogP contribution < -0.4 is 19.6 Å². The molecule has 3 aromatic rings. The summed E-state index contributed by atoms with van der Waals surface area (Å²) in [4.78, 5) is 12.0. The number of amides is 1. The van der Waals surface area contributed by atoms with E-state index >= 15 is 0 Å². The highest BCUT2D eigenvalue weighted by atomic mass is 79.9. The molecule has 1 amide bonds. The second-order valence-corrected chi connectivity index (χ2v) is 8.09. The second kappa shape index (κ2) is 11.5. The molecule has 0 aliphatic rings. The van der Waals surface area contributed by atoms with Crippen LogP contribution in [0.15, 0.2) is 70.2 Å². The number of hydrogen-bond acceptors (Lipinski definition) is 5. The van der Waals surface area contributed by atoms with Gasteiger partial charge in [0.1, 0.15) is 12.4 Å². The first-order valence-electron chi connectivity index (χ1n) is 9.71. The molecule has 0 aliphatic heterocycles. The van der Waals surface area contributed by atoms with Crippen LogP contribution in [0.25, 0.3) is 0 Å². The molecule has 3 aromatic carbocycles. The number of hydrogen-bond donors (Lipinski definition) is 1. The van der Waals surface area contributed by atoms with Crippen molar-refractivity contribution in [1.82, 2.24) is 5.43 Å². The van der Waals surface area contributed by atoms with Crippen molar-refractivity contribution >= 4 is 39.7 Å². The standard InChI is InChI=1S/C24H22BrClN2O4/c1-16-5-3-4-6-21(16)31-15-23(29)28-27-13-18-11-20(25)24(22(12-18)30-2)32-14-17-7-9-19(26)10-8-17/h3-13H,14-15H2,1-2H3,(H,28,29)/b27-13+. The molecule has 0 saturated heterocycles. The molecule has 6 nitrogen and oxygen atoms in total. The van der Waals surface area contributed by atoms with Gasteiger partial charge in [-0.3, -0.25) is 4.79 Å². The van der Waals surface area contributed by atoms with Gasteiger partial charge < -0.3 is 14.2 Å². The molecule has 0 atom stereocenters. The summed E-state index contributed by atoms with van der Waals surface area (Å²) >= 11 is 9.43. The Morgan fingerprint density at radius 2 is 1.84 bits per heavy atom. The van der Waals surface area contributed by atoms with Crippen molar-refractivity contribution in [1.29, 1.82) is 0 Å². The Hall–Kier alpha value is -3.03. The number of methoxy groups -OCH3 is 1. The average Bonchev–Trinajstić information content (AvgIpc) is 2.78. The van der Waals surface area contributed by atoms with E-state index in [2.05, 4.69) is 26.5 Å². The van der Waals surface area contributed by atoms with Crippen LogP contribution in [0, 0.1) is 6.92 Å². The molecular formula is C24H22BrClN2O4. The third-order valence-electron chi connectivity index (χ3n) is 4.40. The molecule has 0 aromatic heterocycles. The fourth-order valence-corrected chi connectivity index (χ4v) is 3.46. The first-order chi connectivity index (χ1) is 15.5. The van der Waals surface area contributed by atoms with Gasteiger partial charge in [0.25, 0.3) is 5.91 Å². The van der Waals surface area contributed by atoms with Gasteiger partial charge in [0.15, 0.2) is 18.1 Å². The fraction of sp³-hybridized carbons (Fsp3) is 0.167. The highest BCUT2D eigenvalue weighted by Crippen LogP contribution is 2.36. The van der Waals surface area contributed by atoms with Crippen LogP contribution in [0.1, 0.15) is 16.7 Å². The topological polar surface area (TPSA) is 69.2 Å². The van der Waals surface area contributed by atoms with Crippen LogP contribution in [0.4, 0.5) is 0 Å². The number of para-hydroxylation sites is 1. The zero-order valence-corrected chi connectivity index (χ0v) is 19.9. The van der Waals surface area contributed by atoms with Gasteiger partial charge in [-0.1, -0.05) is 41.9 Å². The summed E-state index contributed by atoms with van der Waals surface area (Å²) in [6, 6.07) is 18.5. The average molecular weight is 518 g/mol. The molecule has 0 unspecified atom stereocenters. The van der Waals surface area contributed by atoms with Crippen molar-refractivity contribution in [3.05, 3.63) is 86.8 Å². The Balaban J connectivity index is 1.58. The summed E-state index contributed by atoms with van der Waals surface area (Å²) in [6.45, 7) is 2.14. The second-order valence-electron chi connectivity index (χ2n) is 6.80. The minimum atomic E-state index is -0.363. The molecule has 0 bridgehead atoms. The van der Waals surface area contributed by atoms with Gasteiger partial charge in [-0.2, -0.15) is 5.10 Å². The quantitative estimate of drug-likeness (QED) is 0.299. The normalized spacial score (nSPS) is 10.8. The summed E-state index contributed by atoms with van der Waals surface area (Å²) < 4.78 is 17.6. The van der Waals surface area contributed by atoms with E-state index in [1.54, 1.807) is 13.2 Å². The summed E-state index contributed by atoms with van der Waals surface area (Å²) in [7, 11) is 1.56. The maximum atomic E-state index is 12.0. The fourth-order valence-electron chi connectivity index (χ4n) is 2.76. The lowest BCUT2D eigenvalue weighted by atomic mass is 10.2. The highest BCUT2D eigenvalue weighted by molar-refractivity contribution is 9.10. The predicted octanol–water partition coefficient (Wildman–Crippen LogP) is 5.53. The summed E-state index contributed by atoms with van der Waals surface area (Å²) in [5, 5.41) is 4.66. The number of carbonyl (C=O) groups is 1. The Labute approximate surface area is 200 Å². The summed E-state index contributed by atoms with van der Waals surface area (Å²) in [5.74, 6) is 1.40. The van der Waals surface area contributed by atoms with Gasteiger partial charge in [-0.15, -0.1) is 0 Å². The Morgan fingerprint density at radius 3 is 2.56 bits per heavy atom. The van der Waals surface area contributed by atoms with Gasteiger partial charge in [0.2, 0.25) is 0 Å². The number of nitrogens with zero attached hydrogens (tertiary/aromatic N) is 1. The third kappa shape index (κ3) is 6.73. The molecule has 0 fully saturated rings. The molecule has 0 spiro atoms. The lowest BCUT2D eigenvalue weighted by molar-refractivity contribution is -0.123. The van der Waals surface area contributed by atoms with Crippen molar-refractivity contribution in [2.45, 2.75) is 13.5 Å². The van der Waals surface area contributed by atoms with Crippen LogP contribution in [0.5, 0.6) is 17.2 Å². The van der Waals surface area contributed by atoms with Crippen molar-refractivity contribution in [2.24, 2.45) is 5.10 Å². The number of nitrogens with one attached hydrogen (secondary N) is 1. The number of hydrazone groups is 1. The number of rotatable bonds is 9.